The molecule has 60 valence electrons. The van der Waals surface area contributed by atoms with Crippen LogP contribution in [0.5, 0.6) is 0 Å². The third-order valence-corrected chi connectivity index (χ3v) is 1.58. The van der Waals surface area contributed by atoms with E-state index in [1.54, 1.807) is 6.08 Å². The van der Waals surface area contributed by atoms with E-state index < -0.39 is 0 Å². The van der Waals surface area contributed by atoms with E-state index in [-0.39, 0.29) is 5.97 Å². The summed E-state index contributed by atoms with van der Waals surface area (Å²) in [6.07, 6.45) is 4.59. The topological polar surface area (TPSA) is 29.5 Å². The van der Waals surface area contributed by atoms with Crippen molar-refractivity contribution in [1.29, 1.82) is 0 Å². The molecule has 0 radical (unpaired) electrons. The fraction of sp³-hybridized carbons (Fsp3) is 0.429. The van der Waals surface area contributed by atoms with E-state index in [4.69, 9.17) is 17.1 Å². The first-order valence-electron chi connectivity index (χ1n) is 3.37. The number of hydrogen-bond donors (Lipinski definition) is 0. The van der Waals surface area contributed by atoms with Crippen LogP contribution in [0.3, 0.4) is 0 Å². The minimum absolute atomic E-state index is 0.331. The summed E-state index contributed by atoms with van der Waals surface area (Å²) < 4.78 is 0. The molecule has 0 fully saturated rings. The van der Waals surface area contributed by atoms with Crippen LogP contribution in [0.25, 0.3) is 0 Å². The van der Waals surface area contributed by atoms with Crippen molar-refractivity contribution in [2.24, 2.45) is 0 Å². The van der Waals surface area contributed by atoms with Gasteiger partial charge in [0.1, 0.15) is 4.99 Å². The Bertz CT molecular complexity index is 212. The second-order valence-electron chi connectivity index (χ2n) is 2.21. The lowest BCUT2D eigenvalue weighted by Gasteiger charge is -2.22. The molecule has 0 aliphatic carbocycles. The highest BCUT2D eigenvalue weighted by Crippen LogP contribution is 2.05. The molecule has 0 aromatic carbocycles. The maximum absolute atomic E-state index is 10.5. The van der Waals surface area contributed by atoms with Gasteiger partial charge in [-0.25, -0.2) is 0 Å². The van der Waals surface area contributed by atoms with Crippen molar-refractivity contribution >= 4 is 23.2 Å². The van der Waals surface area contributed by atoms with Crippen molar-refractivity contribution in [1.82, 2.24) is 5.06 Å². The first-order chi connectivity index (χ1) is 5.20. The van der Waals surface area contributed by atoms with Gasteiger partial charge < -0.3 is 4.84 Å². The van der Waals surface area contributed by atoms with Gasteiger partial charge in [0.25, 0.3) is 0 Å². The third kappa shape index (κ3) is 2.31. The van der Waals surface area contributed by atoms with E-state index in [1.165, 1.54) is 12.0 Å². The second-order valence-corrected chi connectivity index (χ2v) is 2.63. The lowest BCUT2D eigenvalue weighted by molar-refractivity contribution is -0.169. The van der Waals surface area contributed by atoms with Gasteiger partial charge in [-0.1, -0.05) is 18.3 Å². The maximum Gasteiger partial charge on any atom is 0.329 e. The van der Waals surface area contributed by atoms with Gasteiger partial charge in [0.2, 0.25) is 0 Å². The van der Waals surface area contributed by atoms with Crippen LogP contribution >= 0.6 is 12.2 Å². The molecule has 1 rings (SSSR count). The first-order valence-corrected chi connectivity index (χ1v) is 3.77. The molecule has 0 amide bonds. The largest absolute Gasteiger partial charge is 0.340 e. The molecule has 0 N–H and O–H groups in total. The van der Waals surface area contributed by atoms with E-state index >= 15 is 0 Å². The Morgan fingerprint density at radius 3 is 3.09 bits per heavy atom. The zero-order valence-corrected chi connectivity index (χ0v) is 7.06. The highest BCUT2D eigenvalue weighted by molar-refractivity contribution is 7.80. The SMILES string of the molecule is CC(=O)ON1CCC=CC1=S. The Balaban J connectivity index is 2.52. The molecule has 1 aliphatic rings. The van der Waals surface area contributed by atoms with E-state index in [0.29, 0.717) is 11.5 Å². The zero-order chi connectivity index (χ0) is 8.27. The zero-order valence-electron chi connectivity index (χ0n) is 6.24. The van der Waals surface area contributed by atoms with Gasteiger partial charge in [-0.2, -0.15) is 5.06 Å². The molecule has 0 atom stereocenters. The van der Waals surface area contributed by atoms with Crippen molar-refractivity contribution in [3.8, 4) is 0 Å². The Hall–Kier alpha value is -0.900. The van der Waals surface area contributed by atoms with E-state index in [1.807, 2.05) is 6.08 Å². The van der Waals surface area contributed by atoms with E-state index in [2.05, 4.69) is 0 Å². The Morgan fingerprint density at radius 1 is 1.82 bits per heavy atom. The molecule has 0 spiro atoms. The van der Waals surface area contributed by atoms with Crippen molar-refractivity contribution in [3.05, 3.63) is 12.2 Å². The minimum Gasteiger partial charge on any atom is -0.340 e. The van der Waals surface area contributed by atoms with Crippen LogP contribution in [0, 0.1) is 0 Å². The Kier molecular flexibility index (Phi) is 2.59. The fourth-order valence-corrected chi connectivity index (χ4v) is 1.04. The normalized spacial score (nSPS) is 16.8. The molecule has 0 bridgehead atoms. The molecule has 11 heavy (non-hydrogen) atoms. The Morgan fingerprint density at radius 2 is 2.55 bits per heavy atom. The van der Waals surface area contributed by atoms with Crippen LogP contribution in [0.1, 0.15) is 13.3 Å². The van der Waals surface area contributed by atoms with E-state index in [0.717, 1.165) is 6.42 Å². The molecular weight excluding hydrogens is 162 g/mol. The van der Waals surface area contributed by atoms with Gasteiger partial charge in [0.15, 0.2) is 0 Å². The number of hydroxylamine groups is 2. The lowest BCUT2D eigenvalue weighted by Crippen LogP contribution is -2.33. The summed E-state index contributed by atoms with van der Waals surface area (Å²) in [5.74, 6) is -0.331. The quantitative estimate of drug-likeness (QED) is 0.552. The van der Waals surface area contributed by atoms with Crippen molar-refractivity contribution in [3.63, 3.8) is 0 Å². The summed E-state index contributed by atoms with van der Waals surface area (Å²) in [5, 5.41) is 1.43. The molecule has 1 heterocycles. The lowest BCUT2D eigenvalue weighted by atomic mass is 10.3. The number of rotatable bonds is 1. The molecule has 3 nitrogen and oxygen atoms in total. The average Bonchev–Trinajstić information content (AvgIpc) is 1.93. The van der Waals surface area contributed by atoms with Crippen LogP contribution in [0.2, 0.25) is 0 Å². The van der Waals surface area contributed by atoms with Gasteiger partial charge in [-0.05, 0) is 12.5 Å². The summed E-state index contributed by atoms with van der Waals surface area (Å²) in [4.78, 5) is 15.9. The number of hydrogen-bond acceptors (Lipinski definition) is 3. The number of nitrogens with zero attached hydrogens (tertiary/aromatic N) is 1. The smallest absolute Gasteiger partial charge is 0.329 e. The predicted molar refractivity (Wildman–Crippen MR) is 44.8 cm³/mol. The van der Waals surface area contributed by atoms with Gasteiger partial charge in [0, 0.05) is 6.92 Å². The van der Waals surface area contributed by atoms with Crippen LogP contribution in [0.15, 0.2) is 12.2 Å². The standard InChI is InChI=1S/C7H9NO2S/c1-6(9)10-8-5-3-2-4-7(8)11/h2,4H,3,5H2,1H3. The molecular formula is C7H9NO2S. The van der Waals surface area contributed by atoms with Gasteiger partial charge in [-0.15, -0.1) is 0 Å². The molecule has 1 aliphatic heterocycles. The minimum atomic E-state index is -0.331. The van der Waals surface area contributed by atoms with Crippen LogP contribution in [-0.2, 0) is 9.63 Å². The molecule has 0 aromatic rings. The van der Waals surface area contributed by atoms with Gasteiger partial charge in [-0.3, -0.25) is 4.79 Å². The van der Waals surface area contributed by atoms with Crippen LogP contribution in [-0.4, -0.2) is 22.6 Å². The third-order valence-electron chi connectivity index (χ3n) is 1.24. The predicted octanol–water partition coefficient (Wildman–Crippen LogP) is 1.05. The average molecular weight is 171 g/mol. The van der Waals surface area contributed by atoms with Gasteiger partial charge in [0.05, 0.1) is 6.54 Å². The van der Waals surface area contributed by atoms with Crippen molar-refractivity contribution in [2.75, 3.05) is 6.54 Å². The summed E-state index contributed by atoms with van der Waals surface area (Å²) >= 11 is 4.91. The van der Waals surface area contributed by atoms with Gasteiger partial charge >= 0.3 is 5.97 Å². The molecule has 0 unspecified atom stereocenters. The summed E-state index contributed by atoms with van der Waals surface area (Å²) in [6.45, 7) is 2.02. The highest BCUT2D eigenvalue weighted by atomic mass is 32.1. The number of thiocarbonyl (C=S) groups is 1. The monoisotopic (exact) mass is 171 g/mol. The number of carbonyl (C=O) groups is 1. The Labute approximate surface area is 70.6 Å². The van der Waals surface area contributed by atoms with Crippen LogP contribution in [0.4, 0.5) is 0 Å². The summed E-state index contributed by atoms with van der Waals surface area (Å²) in [7, 11) is 0. The molecule has 0 saturated carbocycles. The maximum atomic E-state index is 10.5. The summed E-state index contributed by atoms with van der Waals surface area (Å²) in [6, 6.07) is 0. The first kappa shape index (κ1) is 8.20. The van der Waals surface area contributed by atoms with Crippen LogP contribution < -0.4 is 0 Å². The fourth-order valence-electron chi connectivity index (χ4n) is 0.815. The summed E-state index contributed by atoms with van der Waals surface area (Å²) in [5.41, 5.74) is 0. The highest BCUT2D eigenvalue weighted by Gasteiger charge is 2.12. The molecule has 4 heteroatoms. The van der Waals surface area contributed by atoms with E-state index in [9.17, 15) is 4.79 Å². The molecule has 0 saturated heterocycles. The molecule has 0 aromatic heterocycles. The number of carbonyl (C=O) groups excluding carboxylic acids is 1. The van der Waals surface area contributed by atoms with Crippen molar-refractivity contribution < 1.29 is 9.63 Å². The van der Waals surface area contributed by atoms with Crippen molar-refractivity contribution in [2.45, 2.75) is 13.3 Å². The second kappa shape index (κ2) is 3.48.